The monoisotopic (exact) mass is 776 g/mol. The van der Waals surface area contributed by atoms with Gasteiger partial charge in [-0.2, -0.15) is 0 Å². The van der Waals surface area contributed by atoms with Gasteiger partial charge in [-0.15, -0.1) is 0 Å². The molecule has 1 aliphatic carbocycles. The Labute approximate surface area is 340 Å². The molecule has 0 aromatic heterocycles. The number of carbonyl (C=O) groups excluding carboxylic acids is 1. The summed E-state index contributed by atoms with van der Waals surface area (Å²) in [5, 5.41) is 0. The van der Waals surface area contributed by atoms with E-state index in [1.54, 1.807) is 0 Å². The number of hydrogen-bond acceptors (Lipinski definition) is 8. The van der Waals surface area contributed by atoms with Gasteiger partial charge in [0, 0.05) is 17.9 Å². The van der Waals surface area contributed by atoms with Crippen LogP contribution in [0.2, 0.25) is 0 Å². The summed E-state index contributed by atoms with van der Waals surface area (Å²) in [6.45, 7) is 6.82. The highest BCUT2D eigenvalue weighted by Gasteiger charge is 2.54. The molecule has 0 saturated carbocycles. The molecule has 58 heavy (non-hydrogen) atoms. The van der Waals surface area contributed by atoms with Crippen molar-refractivity contribution in [3.63, 3.8) is 0 Å². The summed E-state index contributed by atoms with van der Waals surface area (Å²) in [7, 11) is 0. The maximum absolute atomic E-state index is 13.2. The minimum absolute atomic E-state index is 0.145. The van der Waals surface area contributed by atoms with Gasteiger partial charge in [0.05, 0.1) is 0 Å². The maximum atomic E-state index is 13.2. The second kappa shape index (κ2) is 17.1. The van der Waals surface area contributed by atoms with E-state index in [-0.39, 0.29) is 19.1 Å². The van der Waals surface area contributed by atoms with Crippen LogP contribution in [0.1, 0.15) is 65.6 Å². The maximum Gasteiger partial charge on any atom is 0.332 e. The Bertz CT molecular complexity index is 2310. The Balaban J connectivity index is 1.20. The van der Waals surface area contributed by atoms with Crippen molar-refractivity contribution in [2.45, 2.75) is 70.7 Å². The molecule has 0 bridgehead atoms. The first kappa shape index (κ1) is 38.6. The number of hydrogen-bond donors (Lipinski definition) is 0. The quantitative estimate of drug-likeness (QED) is 0.0954. The molecule has 6 aromatic rings. The molecule has 0 radical (unpaired) electrons. The first-order chi connectivity index (χ1) is 28.2. The number of carbonyl (C=O) groups is 1. The van der Waals surface area contributed by atoms with Gasteiger partial charge in [0.1, 0.15) is 50.8 Å². The molecule has 0 spiro atoms. The van der Waals surface area contributed by atoms with E-state index >= 15 is 0 Å². The summed E-state index contributed by atoms with van der Waals surface area (Å²) in [4.78, 5) is 13.2. The lowest BCUT2D eigenvalue weighted by atomic mass is 9.80. The molecule has 1 aliphatic heterocycles. The van der Waals surface area contributed by atoms with Crippen LogP contribution in [0, 0.1) is 0 Å². The average molecular weight is 777 g/mol. The summed E-state index contributed by atoms with van der Waals surface area (Å²) in [5.74, 6) is 2.07. The molecule has 8 rings (SSSR count). The predicted molar refractivity (Wildman–Crippen MR) is 222 cm³/mol. The summed E-state index contributed by atoms with van der Waals surface area (Å²) in [6.07, 6.45) is 0.461. The lowest BCUT2D eigenvalue weighted by molar-refractivity contribution is -0.170. The molecule has 2 unspecified atom stereocenters. The zero-order valence-corrected chi connectivity index (χ0v) is 33.1. The van der Waals surface area contributed by atoms with Crippen LogP contribution in [0.15, 0.2) is 146 Å². The highest BCUT2D eigenvalue weighted by atomic mass is 16.6. The van der Waals surface area contributed by atoms with Crippen molar-refractivity contribution in [1.82, 2.24) is 0 Å². The highest BCUT2D eigenvalue weighted by Crippen LogP contribution is 2.58. The normalized spacial score (nSPS) is 16.6. The van der Waals surface area contributed by atoms with E-state index < -0.39 is 17.2 Å². The summed E-state index contributed by atoms with van der Waals surface area (Å²) in [6, 6.07) is 48.3. The molecule has 296 valence electrons. The molecule has 2 aliphatic rings. The van der Waals surface area contributed by atoms with Gasteiger partial charge in [0.2, 0.25) is 5.75 Å². The van der Waals surface area contributed by atoms with Gasteiger partial charge in [-0.25, -0.2) is 4.79 Å². The fraction of sp³-hybridized carbons (Fsp3) is 0.260. The minimum Gasteiger partial charge on any atom is -0.486 e. The van der Waals surface area contributed by atoms with Crippen LogP contribution in [0.4, 0.5) is 0 Å². The van der Waals surface area contributed by atoms with Crippen LogP contribution in [0.3, 0.4) is 0 Å². The number of fused-ring (bicyclic) bond motifs is 5. The van der Waals surface area contributed by atoms with Gasteiger partial charge in [0.25, 0.3) is 0 Å². The first-order valence-corrected chi connectivity index (χ1v) is 19.7. The van der Waals surface area contributed by atoms with E-state index in [1.807, 2.05) is 154 Å². The molecule has 1 heterocycles. The van der Waals surface area contributed by atoms with E-state index in [2.05, 4.69) is 12.1 Å². The topological polar surface area (TPSA) is 81.7 Å². The van der Waals surface area contributed by atoms with Crippen LogP contribution in [0.25, 0.3) is 0 Å². The lowest BCUT2D eigenvalue weighted by Crippen LogP contribution is -2.48. The lowest BCUT2D eigenvalue weighted by Gasteiger charge is -2.41. The van der Waals surface area contributed by atoms with Gasteiger partial charge in [-0.3, -0.25) is 0 Å². The van der Waals surface area contributed by atoms with Gasteiger partial charge in [0.15, 0.2) is 23.0 Å². The van der Waals surface area contributed by atoms with Crippen molar-refractivity contribution < 1.29 is 38.0 Å². The van der Waals surface area contributed by atoms with E-state index in [9.17, 15) is 4.79 Å². The second-order valence-electron chi connectivity index (χ2n) is 15.7. The van der Waals surface area contributed by atoms with Crippen molar-refractivity contribution in [1.29, 1.82) is 0 Å². The van der Waals surface area contributed by atoms with E-state index in [4.69, 9.17) is 33.2 Å². The zero-order chi connectivity index (χ0) is 40.0. The van der Waals surface area contributed by atoms with Crippen molar-refractivity contribution in [3.05, 3.63) is 185 Å². The number of esters is 1. The number of rotatable bonds is 15. The Kier molecular flexibility index (Phi) is 11.4. The van der Waals surface area contributed by atoms with Gasteiger partial charge in [-0.05, 0) is 72.4 Å². The van der Waals surface area contributed by atoms with Crippen LogP contribution in [-0.4, -0.2) is 30.4 Å². The third kappa shape index (κ3) is 8.98. The fourth-order valence-electron chi connectivity index (χ4n) is 7.62. The van der Waals surface area contributed by atoms with E-state index in [0.29, 0.717) is 61.6 Å². The van der Waals surface area contributed by atoms with E-state index in [0.717, 1.165) is 38.9 Å². The van der Waals surface area contributed by atoms with Crippen LogP contribution < -0.4 is 23.7 Å². The standard InChI is InChI=1S/C50H48O8/c1-49(2,3)58-45(51)33-57-50-28-39-26-43(53-30-36-18-10-5-11-19-36)44(54-31-37-20-12-6-13-21-37)27-41(39)46(50)40-24-25-42(52-29-35-16-8-4-9-17-35)48(47(40)56-34-50)55-32-38-22-14-7-15-23-38/h4-27,46H,28-34H2,1-3H3. The molecular formula is C50H48O8. The smallest absolute Gasteiger partial charge is 0.332 e. The fourth-order valence-corrected chi connectivity index (χ4v) is 7.62. The Morgan fingerprint density at radius 2 is 1.09 bits per heavy atom. The molecule has 0 saturated heterocycles. The molecule has 2 atom stereocenters. The molecule has 8 heteroatoms. The zero-order valence-electron chi connectivity index (χ0n) is 33.1. The van der Waals surface area contributed by atoms with Gasteiger partial charge < -0.3 is 33.2 Å². The number of benzene rings is 6. The van der Waals surface area contributed by atoms with E-state index in [1.165, 1.54) is 0 Å². The molecular weight excluding hydrogens is 729 g/mol. The van der Waals surface area contributed by atoms with Crippen LogP contribution >= 0.6 is 0 Å². The van der Waals surface area contributed by atoms with Crippen LogP contribution in [-0.2, 0) is 47.1 Å². The van der Waals surface area contributed by atoms with Crippen molar-refractivity contribution in [2.75, 3.05) is 13.2 Å². The Hall–Kier alpha value is -6.25. The van der Waals surface area contributed by atoms with Crippen molar-refractivity contribution in [3.8, 4) is 28.7 Å². The van der Waals surface area contributed by atoms with Gasteiger partial charge >= 0.3 is 5.97 Å². The van der Waals surface area contributed by atoms with Crippen molar-refractivity contribution in [2.24, 2.45) is 0 Å². The second-order valence-corrected chi connectivity index (χ2v) is 15.7. The van der Waals surface area contributed by atoms with Crippen molar-refractivity contribution >= 4 is 5.97 Å². The predicted octanol–water partition coefficient (Wildman–Crippen LogP) is 10.2. The Morgan fingerprint density at radius 1 is 0.603 bits per heavy atom. The molecule has 8 nitrogen and oxygen atoms in total. The summed E-state index contributed by atoms with van der Waals surface area (Å²) < 4.78 is 45.3. The summed E-state index contributed by atoms with van der Waals surface area (Å²) in [5.41, 5.74) is 5.36. The highest BCUT2D eigenvalue weighted by molar-refractivity contribution is 5.71. The third-order valence-corrected chi connectivity index (χ3v) is 10.2. The SMILES string of the molecule is CC(C)(C)OC(=O)COC12COc3c(ccc(OCc4ccccc4)c3OCc3ccccc3)C1c1cc(OCc3ccccc3)c(OCc3ccccc3)cc1C2. The largest absolute Gasteiger partial charge is 0.486 e. The summed E-state index contributed by atoms with van der Waals surface area (Å²) >= 11 is 0. The van der Waals surface area contributed by atoms with Crippen LogP contribution in [0.5, 0.6) is 28.7 Å². The molecule has 0 amide bonds. The Morgan fingerprint density at radius 3 is 1.60 bits per heavy atom. The van der Waals surface area contributed by atoms with Gasteiger partial charge in [-0.1, -0.05) is 127 Å². The molecule has 6 aromatic carbocycles. The molecule has 0 N–H and O–H groups in total. The third-order valence-electron chi connectivity index (χ3n) is 10.2. The first-order valence-electron chi connectivity index (χ1n) is 19.7. The number of ether oxygens (including phenoxy) is 7. The minimum atomic E-state index is -0.954. The molecule has 0 fully saturated rings. The average Bonchev–Trinajstić information content (AvgIpc) is 3.57.